The molecule has 0 bridgehead atoms. The molecule has 1 heterocycles. The van der Waals surface area contributed by atoms with E-state index in [1.54, 1.807) is 11.3 Å². The predicted molar refractivity (Wildman–Crippen MR) is 69.2 cm³/mol. The molecule has 15 heavy (non-hydrogen) atoms. The molecule has 1 nitrogen and oxygen atoms in total. The number of thiophene rings is 1. The van der Waals surface area contributed by atoms with E-state index in [0.717, 1.165) is 10.0 Å². The van der Waals surface area contributed by atoms with E-state index in [1.165, 1.54) is 9.75 Å². The molecule has 2 aromatic rings. The van der Waals surface area contributed by atoms with Gasteiger partial charge in [-0.3, -0.25) is 0 Å². The van der Waals surface area contributed by atoms with Crippen molar-refractivity contribution in [3.8, 4) is 0 Å². The van der Waals surface area contributed by atoms with Gasteiger partial charge in [0, 0.05) is 14.2 Å². The fourth-order valence-corrected chi connectivity index (χ4v) is 2.63. The molecule has 2 rings (SSSR count). The van der Waals surface area contributed by atoms with Gasteiger partial charge < -0.3 is 5.73 Å². The quantitative estimate of drug-likeness (QED) is 0.889. The van der Waals surface area contributed by atoms with Crippen LogP contribution in [-0.4, -0.2) is 0 Å². The van der Waals surface area contributed by atoms with Crippen LogP contribution in [0.15, 0.2) is 40.9 Å². The molecule has 0 aliphatic carbocycles. The number of nitrogens with two attached hydrogens (primary N) is 1. The molecule has 0 radical (unpaired) electrons. The van der Waals surface area contributed by atoms with Crippen LogP contribution in [0.2, 0.25) is 0 Å². The van der Waals surface area contributed by atoms with Crippen molar-refractivity contribution in [1.82, 2.24) is 0 Å². The zero-order valence-corrected chi connectivity index (χ0v) is 10.8. The van der Waals surface area contributed by atoms with Gasteiger partial charge in [-0.2, -0.15) is 0 Å². The first-order chi connectivity index (χ1) is 7.16. The van der Waals surface area contributed by atoms with Gasteiger partial charge in [0.05, 0.1) is 6.04 Å². The van der Waals surface area contributed by atoms with Crippen LogP contribution in [0.3, 0.4) is 0 Å². The van der Waals surface area contributed by atoms with Crippen LogP contribution < -0.4 is 5.73 Å². The van der Waals surface area contributed by atoms with Crippen molar-refractivity contribution >= 4 is 27.3 Å². The second kappa shape index (κ2) is 4.47. The highest BCUT2D eigenvalue weighted by molar-refractivity contribution is 9.10. The maximum absolute atomic E-state index is 6.17. The summed E-state index contributed by atoms with van der Waals surface area (Å²) >= 11 is 5.17. The summed E-state index contributed by atoms with van der Waals surface area (Å²) in [5.74, 6) is 0. The Balaban J connectivity index is 2.28. The predicted octanol–water partition coefficient (Wildman–Crippen LogP) is 3.87. The van der Waals surface area contributed by atoms with E-state index in [2.05, 4.69) is 47.1 Å². The Bertz CT molecular complexity index is 447. The van der Waals surface area contributed by atoms with Gasteiger partial charge in [0.15, 0.2) is 0 Å². The van der Waals surface area contributed by atoms with Crippen molar-refractivity contribution < 1.29 is 0 Å². The summed E-state index contributed by atoms with van der Waals surface area (Å²) in [5.41, 5.74) is 7.33. The molecule has 2 N–H and O–H groups in total. The minimum Gasteiger partial charge on any atom is -0.320 e. The summed E-state index contributed by atoms with van der Waals surface area (Å²) in [4.78, 5) is 2.52. The Kier molecular flexibility index (Phi) is 3.24. The smallest absolute Gasteiger partial charge is 0.0646 e. The molecule has 1 aromatic carbocycles. The Morgan fingerprint density at radius 1 is 1.13 bits per heavy atom. The first kappa shape index (κ1) is 10.9. The lowest BCUT2D eigenvalue weighted by Crippen LogP contribution is -2.09. The van der Waals surface area contributed by atoms with Crippen molar-refractivity contribution in [3.05, 3.63) is 56.2 Å². The number of hydrogen-bond acceptors (Lipinski definition) is 2. The summed E-state index contributed by atoms with van der Waals surface area (Å²) in [7, 11) is 0. The van der Waals surface area contributed by atoms with Gasteiger partial charge in [-0.15, -0.1) is 11.3 Å². The van der Waals surface area contributed by atoms with E-state index in [-0.39, 0.29) is 6.04 Å². The van der Waals surface area contributed by atoms with Gasteiger partial charge in [0.25, 0.3) is 0 Å². The molecular weight excluding hydrogens is 270 g/mol. The average Bonchev–Trinajstić information content (AvgIpc) is 2.65. The Labute approximate surface area is 102 Å². The van der Waals surface area contributed by atoms with Crippen LogP contribution in [0.1, 0.15) is 21.4 Å². The lowest BCUT2D eigenvalue weighted by atomic mass is 10.1. The second-order valence-electron chi connectivity index (χ2n) is 3.48. The second-order valence-corrected chi connectivity index (χ2v) is 5.71. The third-order valence-corrected chi connectivity index (χ3v) is 3.91. The third-order valence-electron chi connectivity index (χ3n) is 2.30. The first-order valence-corrected chi connectivity index (χ1v) is 6.35. The highest BCUT2D eigenvalue weighted by atomic mass is 79.9. The molecule has 1 atom stereocenters. The maximum Gasteiger partial charge on any atom is 0.0646 e. The van der Waals surface area contributed by atoms with Crippen molar-refractivity contribution in [1.29, 1.82) is 0 Å². The standard InChI is InChI=1S/C12H12BrNS/c1-8-2-7-11(15-8)12(14)9-3-5-10(13)6-4-9/h2-7,12H,14H2,1H3. The highest BCUT2D eigenvalue weighted by Gasteiger charge is 2.10. The molecule has 0 saturated carbocycles. The summed E-state index contributed by atoms with van der Waals surface area (Å²) in [5, 5.41) is 0. The van der Waals surface area contributed by atoms with Crippen LogP contribution in [0, 0.1) is 6.92 Å². The van der Waals surface area contributed by atoms with Crippen LogP contribution in [0.5, 0.6) is 0 Å². The molecule has 0 saturated heterocycles. The molecule has 3 heteroatoms. The van der Waals surface area contributed by atoms with E-state index in [4.69, 9.17) is 5.73 Å². The van der Waals surface area contributed by atoms with E-state index in [1.807, 2.05) is 12.1 Å². The van der Waals surface area contributed by atoms with Gasteiger partial charge in [0.1, 0.15) is 0 Å². The minimum absolute atomic E-state index is 0.00296. The van der Waals surface area contributed by atoms with E-state index < -0.39 is 0 Å². The van der Waals surface area contributed by atoms with Crippen LogP contribution in [0.4, 0.5) is 0 Å². The molecule has 0 spiro atoms. The van der Waals surface area contributed by atoms with Gasteiger partial charge in [-0.25, -0.2) is 0 Å². The number of halogens is 1. The molecular formula is C12H12BrNS. The Morgan fingerprint density at radius 3 is 2.33 bits per heavy atom. The Morgan fingerprint density at radius 2 is 1.80 bits per heavy atom. The van der Waals surface area contributed by atoms with E-state index in [9.17, 15) is 0 Å². The number of hydrogen-bond donors (Lipinski definition) is 1. The molecule has 0 amide bonds. The fourth-order valence-electron chi connectivity index (χ4n) is 1.45. The topological polar surface area (TPSA) is 26.0 Å². The zero-order chi connectivity index (χ0) is 10.8. The largest absolute Gasteiger partial charge is 0.320 e. The minimum atomic E-state index is -0.00296. The SMILES string of the molecule is Cc1ccc(C(N)c2ccc(Br)cc2)s1. The average molecular weight is 282 g/mol. The number of aryl methyl sites for hydroxylation is 1. The molecule has 78 valence electrons. The monoisotopic (exact) mass is 281 g/mol. The normalized spacial score (nSPS) is 12.7. The lowest BCUT2D eigenvalue weighted by molar-refractivity contribution is 0.893. The summed E-state index contributed by atoms with van der Waals surface area (Å²) in [6.45, 7) is 2.10. The van der Waals surface area contributed by atoms with E-state index >= 15 is 0 Å². The summed E-state index contributed by atoms with van der Waals surface area (Å²) < 4.78 is 1.08. The van der Waals surface area contributed by atoms with Crippen LogP contribution >= 0.6 is 27.3 Å². The zero-order valence-electron chi connectivity index (χ0n) is 8.41. The van der Waals surface area contributed by atoms with Crippen molar-refractivity contribution in [2.24, 2.45) is 5.73 Å². The van der Waals surface area contributed by atoms with Gasteiger partial charge in [-0.05, 0) is 36.8 Å². The molecule has 1 unspecified atom stereocenters. The summed E-state index contributed by atoms with van der Waals surface area (Å²) in [6, 6.07) is 12.4. The fraction of sp³-hybridized carbons (Fsp3) is 0.167. The third kappa shape index (κ3) is 2.48. The number of benzene rings is 1. The van der Waals surface area contributed by atoms with Gasteiger partial charge >= 0.3 is 0 Å². The van der Waals surface area contributed by atoms with Crippen molar-refractivity contribution in [2.75, 3.05) is 0 Å². The molecule has 0 fully saturated rings. The van der Waals surface area contributed by atoms with E-state index in [0.29, 0.717) is 0 Å². The lowest BCUT2D eigenvalue weighted by Gasteiger charge is -2.09. The molecule has 0 aliphatic heterocycles. The number of rotatable bonds is 2. The van der Waals surface area contributed by atoms with Crippen molar-refractivity contribution in [2.45, 2.75) is 13.0 Å². The summed E-state index contributed by atoms with van der Waals surface area (Å²) in [6.07, 6.45) is 0. The first-order valence-electron chi connectivity index (χ1n) is 4.74. The molecule has 1 aromatic heterocycles. The maximum atomic E-state index is 6.17. The van der Waals surface area contributed by atoms with Crippen LogP contribution in [-0.2, 0) is 0 Å². The van der Waals surface area contributed by atoms with Gasteiger partial charge in [0.2, 0.25) is 0 Å². The highest BCUT2D eigenvalue weighted by Crippen LogP contribution is 2.26. The molecule has 0 aliphatic rings. The van der Waals surface area contributed by atoms with Crippen LogP contribution in [0.25, 0.3) is 0 Å². The van der Waals surface area contributed by atoms with Crippen molar-refractivity contribution in [3.63, 3.8) is 0 Å². The Hall–Kier alpha value is -0.640. The van der Waals surface area contributed by atoms with Gasteiger partial charge in [-0.1, -0.05) is 28.1 Å².